The van der Waals surface area contributed by atoms with E-state index in [4.69, 9.17) is 9.47 Å². The molecule has 5 atom stereocenters. The average molecular weight is 305 g/mol. The number of ether oxygens (including phenoxy) is 2. The van der Waals surface area contributed by atoms with Gasteiger partial charge in [-0.3, -0.25) is 4.99 Å². The number of carbonyl (C=O) groups excluding carboxylic acids is 1. The lowest BCUT2D eigenvalue weighted by molar-refractivity contribution is -0.164. The second kappa shape index (κ2) is 6.17. The molecule has 2 aliphatic rings. The fourth-order valence-corrected chi connectivity index (χ4v) is 3.16. The third-order valence-corrected chi connectivity index (χ3v) is 4.42. The van der Waals surface area contributed by atoms with Crippen molar-refractivity contribution >= 4 is 23.0 Å². The molecular weight excluding hydrogens is 286 g/mol. The van der Waals surface area contributed by atoms with E-state index in [0.717, 1.165) is 5.17 Å². The summed E-state index contributed by atoms with van der Waals surface area (Å²) >= 11 is 1.38. The van der Waals surface area contributed by atoms with Gasteiger partial charge in [0.25, 0.3) is 0 Å². The van der Waals surface area contributed by atoms with Crippen LogP contribution in [-0.4, -0.2) is 83.9 Å². The smallest absolute Gasteiger partial charge is 0.406 e. The third-order valence-electron chi connectivity index (χ3n) is 3.11. The summed E-state index contributed by atoms with van der Waals surface area (Å²) in [6, 6.07) is -0.511. The molecule has 0 bridgehead atoms. The van der Waals surface area contributed by atoms with E-state index in [1.165, 1.54) is 18.8 Å². The fraction of sp³-hybridized carbons (Fsp3) is 0.818. The minimum absolute atomic E-state index is 0.126. The molecule has 0 aliphatic carbocycles. The van der Waals surface area contributed by atoms with Gasteiger partial charge < -0.3 is 29.9 Å². The van der Waals surface area contributed by atoms with Crippen LogP contribution in [0.2, 0.25) is 0 Å². The molecule has 2 heterocycles. The number of hydrogen-bond donors (Lipinski definition) is 3. The predicted molar refractivity (Wildman–Crippen MR) is 73.6 cm³/mol. The van der Waals surface area contributed by atoms with Gasteiger partial charge in [-0.2, -0.15) is 0 Å². The molecule has 0 aromatic rings. The molecule has 1 amide bonds. The second-order valence-electron chi connectivity index (χ2n) is 4.79. The van der Waals surface area contributed by atoms with Crippen LogP contribution in [-0.2, 0) is 9.47 Å². The first-order valence-corrected chi connectivity index (χ1v) is 7.10. The van der Waals surface area contributed by atoms with Crippen molar-refractivity contribution in [3.8, 4) is 0 Å². The van der Waals surface area contributed by atoms with E-state index < -0.39 is 30.4 Å². The van der Waals surface area contributed by atoms with E-state index in [-0.39, 0.29) is 12.0 Å². The number of aliphatic hydroxyl groups is 2. The molecule has 0 saturated carbocycles. The minimum Gasteiger partial charge on any atom is -0.447 e. The van der Waals surface area contributed by atoms with E-state index in [9.17, 15) is 15.0 Å². The SMILES string of the molecule is CNC(=O)OCC1O[C@@H]2SC(N(C)C)=N[C@@H]2[C@@H](O)[C@@H]1O. The maximum atomic E-state index is 11.0. The molecule has 20 heavy (non-hydrogen) atoms. The van der Waals surface area contributed by atoms with Crippen LogP contribution >= 0.6 is 11.8 Å². The summed E-state index contributed by atoms with van der Waals surface area (Å²) in [4.78, 5) is 17.2. The maximum absolute atomic E-state index is 11.0. The zero-order chi connectivity index (χ0) is 14.9. The van der Waals surface area contributed by atoms with Crippen LogP contribution in [0.15, 0.2) is 4.99 Å². The lowest BCUT2D eigenvalue weighted by Gasteiger charge is -2.37. The molecular formula is C11H19N3O5S. The number of nitrogens with one attached hydrogen (secondary N) is 1. The standard InChI is InChI=1S/C11H19N3O5S/c1-12-11(17)18-4-5-7(15)8(16)6-9(19-5)20-10(13-6)14(2)3/h5-9,15-16H,4H2,1-3H3,(H,12,17)/t5?,6-,7-,8-,9-/m1/s1. The largest absolute Gasteiger partial charge is 0.447 e. The van der Waals surface area contributed by atoms with Gasteiger partial charge in [0.2, 0.25) is 0 Å². The highest BCUT2D eigenvalue weighted by molar-refractivity contribution is 8.14. The number of aliphatic imine (C=N–C) groups is 1. The van der Waals surface area contributed by atoms with E-state index in [0.29, 0.717) is 0 Å². The van der Waals surface area contributed by atoms with Crippen LogP contribution in [0, 0.1) is 0 Å². The maximum Gasteiger partial charge on any atom is 0.406 e. The van der Waals surface area contributed by atoms with Crippen LogP contribution in [0.25, 0.3) is 0 Å². The average Bonchev–Trinajstić information content (AvgIpc) is 2.85. The molecule has 114 valence electrons. The minimum atomic E-state index is -1.15. The summed E-state index contributed by atoms with van der Waals surface area (Å²) in [5, 5.41) is 23.2. The number of alkyl carbamates (subject to hydrolysis) is 1. The zero-order valence-corrected chi connectivity index (χ0v) is 12.3. The van der Waals surface area contributed by atoms with E-state index >= 15 is 0 Å². The van der Waals surface area contributed by atoms with Crippen LogP contribution in [0.5, 0.6) is 0 Å². The first-order valence-electron chi connectivity index (χ1n) is 6.22. The van der Waals surface area contributed by atoms with Crippen LogP contribution in [0.3, 0.4) is 0 Å². The number of carbonyl (C=O) groups is 1. The van der Waals surface area contributed by atoms with Crippen molar-refractivity contribution < 1.29 is 24.5 Å². The van der Waals surface area contributed by atoms with Gasteiger partial charge in [0.1, 0.15) is 36.4 Å². The van der Waals surface area contributed by atoms with Gasteiger partial charge in [-0.05, 0) is 0 Å². The zero-order valence-electron chi connectivity index (χ0n) is 11.5. The van der Waals surface area contributed by atoms with Gasteiger partial charge >= 0.3 is 6.09 Å². The molecule has 1 unspecified atom stereocenters. The highest BCUT2D eigenvalue weighted by Crippen LogP contribution is 2.36. The van der Waals surface area contributed by atoms with Crippen LogP contribution < -0.4 is 5.32 Å². The number of amides is 1. The summed E-state index contributed by atoms with van der Waals surface area (Å²) in [5.74, 6) is 0. The molecule has 1 saturated heterocycles. The highest BCUT2D eigenvalue weighted by Gasteiger charge is 2.48. The van der Waals surface area contributed by atoms with E-state index in [2.05, 4.69) is 10.3 Å². The first kappa shape index (κ1) is 15.4. The summed E-state index contributed by atoms with van der Waals surface area (Å²) in [7, 11) is 5.13. The Labute approximate surface area is 121 Å². The summed E-state index contributed by atoms with van der Waals surface area (Å²) in [6.07, 6.45) is -3.57. The Hall–Kier alpha value is -1.03. The molecule has 2 rings (SSSR count). The van der Waals surface area contributed by atoms with Crippen molar-refractivity contribution in [3.05, 3.63) is 0 Å². The second-order valence-corrected chi connectivity index (χ2v) is 5.85. The third kappa shape index (κ3) is 3.00. The fourth-order valence-electron chi connectivity index (χ4n) is 2.00. The molecule has 0 radical (unpaired) electrons. The Kier molecular flexibility index (Phi) is 4.74. The number of fused-ring (bicyclic) bond motifs is 1. The highest BCUT2D eigenvalue weighted by atomic mass is 32.2. The monoisotopic (exact) mass is 305 g/mol. The van der Waals surface area contributed by atoms with Crippen molar-refractivity contribution in [2.24, 2.45) is 4.99 Å². The van der Waals surface area contributed by atoms with Gasteiger partial charge in [0.05, 0.1) is 0 Å². The molecule has 0 aromatic carbocycles. The molecule has 9 heteroatoms. The molecule has 0 spiro atoms. The van der Waals surface area contributed by atoms with Crippen molar-refractivity contribution in [1.29, 1.82) is 0 Å². The van der Waals surface area contributed by atoms with Gasteiger partial charge in [0, 0.05) is 21.1 Å². The number of amidine groups is 1. The van der Waals surface area contributed by atoms with Gasteiger partial charge in [0.15, 0.2) is 5.17 Å². The van der Waals surface area contributed by atoms with Crippen molar-refractivity contribution in [2.45, 2.75) is 29.8 Å². The van der Waals surface area contributed by atoms with E-state index in [1.54, 1.807) is 0 Å². The van der Waals surface area contributed by atoms with Gasteiger partial charge in [-0.15, -0.1) is 0 Å². The quantitative estimate of drug-likeness (QED) is 0.590. The van der Waals surface area contributed by atoms with Crippen LogP contribution in [0.4, 0.5) is 4.79 Å². The van der Waals surface area contributed by atoms with Crippen molar-refractivity contribution in [1.82, 2.24) is 10.2 Å². The van der Waals surface area contributed by atoms with Crippen molar-refractivity contribution in [2.75, 3.05) is 27.7 Å². The Balaban J connectivity index is 2.00. The molecule has 1 fully saturated rings. The first-order chi connectivity index (χ1) is 9.43. The van der Waals surface area contributed by atoms with Gasteiger partial charge in [-0.25, -0.2) is 4.79 Å². The Bertz CT molecular complexity index is 406. The number of aliphatic hydroxyl groups excluding tert-OH is 2. The lowest BCUT2D eigenvalue weighted by Crippen LogP contribution is -2.56. The van der Waals surface area contributed by atoms with Crippen molar-refractivity contribution in [3.63, 3.8) is 0 Å². The molecule has 3 N–H and O–H groups in total. The number of rotatable bonds is 2. The normalized spacial score (nSPS) is 36.0. The molecule has 2 aliphatic heterocycles. The summed E-state index contributed by atoms with van der Waals surface area (Å²) in [5.41, 5.74) is -0.385. The molecule has 8 nitrogen and oxygen atoms in total. The number of nitrogens with zero attached hydrogens (tertiary/aromatic N) is 2. The predicted octanol–water partition coefficient (Wildman–Crippen LogP) is -1.18. The number of hydrogen-bond acceptors (Lipinski definition) is 8. The summed E-state index contributed by atoms with van der Waals surface area (Å²) < 4.78 is 10.5. The topological polar surface area (TPSA) is 104 Å². The Morgan fingerprint density at radius 3 is 2.80 bits per heavy atom. The van der Waals surface area contributed by atoms with Crippen LogP contribution in [0.1, 0.15) is 0 Å². The summed E-state index contributed by atoms with van der Waals surface area (Å²) in [6.45, 7) is -0.126. The lowest BCUT2D eigenvalue weighted by atomic mass is 9.99. The Morgan fingerprint density at radius 2 is 2.20 bits per heavy atom. The number of thioether (sulfide) groups is 1. The van der Waals surface area contributed by atoms with Gasteiger partial charge in [-0.1, -0.05) is 11.8 Å². The Morgan fingerprint density at radius 1 is 1.50 bits per heavy atom. The van der Waals surface area contributed by atoms with E-state index in [1.807, 2.05) is 19.0 Å². The molecule has 0 aromatic heterocycles.